The van der Waals surface area contributed by atoms with Crippen LogP contribution in [-0.4, -0.2) is 6.10 Å². The Labute approximate surface area is 120 Å². The van der Waals surface area contributed by atoms with Gasteiger partial charge in [0.1, 0.15) is 0 Å². The number of allylic oxidation sites excluding steroid dienone is 1. The number of benzene rings is 2. The van der Waals surface area contributed by atoms with Crippen LogP contribution in [0.4, 0.5) is 0 Å². The molecule has 2 rings (SSSR count). The molecule has 2 nitrogen and oxygen atoms in total. The van der Waals surface area contributed by atoms with Crippen LogP contribution in [-0.2, 0) is 9.09 Å². The minimum absolute atomic E-state index is 0.203. The fourth-order valence-corrected chi connectivity index (χ4v) is 4.27. The molecule has 0 spiro atoms. The normalized spacial score (nSPS) is 13.5. The van der Waals surface area contributed by atoms with Crippen LogP contribution in [0, 0.1) is 0 Å². The molecule has 20 heavy (non-hydrogen) atoms. The standard InChI is InChI=1S/C17H19O2P/c1-3-10-15(2)19-20(18,16-11-6-4-7-12-16)17-13-8-5-9-14-17/h3-15H,1-2H3/b10-3+. The first kappa shape index (κ1) is 14.8. The number of hydrogen-bond donors (Lipinski definition) is 0. The lowest BCUT2D eigenvalue weighted by molar-refractivity contribution is 0.281. The van der Waals surface area contributed by atoms with Crippen molar-refractivity contribution in [1.29, 1.82) is 0 Å². The van der Waals surface area contributed by atoms with Gasteiger partial charge in [-0.3, -0.25) is 4.57 Å². The first-order chi connectivity index (χ1) is 9.66. The Morgan fingerprint density at radius 1 is 0.950 bits per heavy atom. The zero-order valence-electron chi connectivity index (χ0n) is 11.8. The van der Waals surface area contributed by atoms with Crippen molar-refractivity contribution < 1.29 is 9.09 Å². The molecule has 0 fully saturated rings. The maximum absolute atomic E-state index is 13.4. The maximum atomic E-state index is 13.4. The van der Waals surface area contributed by atoms with Gasteiger partial charge < -0.3 is 4.52 Å². The van der Waals surface area contributed by atoms with Crippen LogP contribution in [0.5, 0.6) is 0 Å². The van der Waals surface area contributed by atoms with Crippen molar-refractivity contribution in [3.63, 3.8) is 0 Å². The predicted molar refractivity (Wildman–Crippen MR) is 85.1 cm³/mol. The van der Waals surface area contributed by atoms with Crippen LogP contribution < -0.4 is 10.6 Å². The molecule has 0 N–H and O–H groups in total. The van der Waals surface area contributed by atoms with E-state index in [-0.39, 0.29) is 6.10 Å². The molecule has 1 unspecified atom stereocenters. The van der Waals surface area contributed by atoms with E-state index in [0.29, 0.717) is 0 Å². The molecule has 2 aromatic carbocycles. The zero-order valence-corrected chi connectivity index (χ0v) is 12.7. The SMILES string of the molecule is C/C=C/C(C)OP(=O)(c1ccccc1)c1ccccc1. The monoisotopic (exact) mass is 286 g/mol. The molecule has 1 atom stereocenters. The average molecular weight is 286 g/mol. The van der Waals surface area contributed by atoms with Gasteiger partial charge in [-0.25, -0.2) is 0 Å². The quantitative estimate of drug-likeness (QED) is 0.615. The van der Waals surface area contributed by atoms with Gasteiger partial charge in [0.05, 0.1) is 6.10 Å². The summed E-state index contributed by atoms with van der Waals surface area (Å²) < 4.78 is 19.4. The first-order valence-corrected chi connectivity index (χ1v) is 8.32. The van der Waals surface area contributed by atoms with Gasteiger partial charge >= 0.3 is 0 Å². The van der Waals surface area contributed by atoms with E-state index in [1.165, 1.54) is 0 Å². The molecule has 3 heteroatoms. The topological polar surface area (TPSA) is 26.3 Å². The number of rotatable bonds is 5. The molecule has 0 saturated carbocycles. The summed E-state index contributed by atoms with van der Waals surface area (Å²) in [6.45, 7) is 3.83. The molecule has 0 amide bonds. The number of hydrogen-bond acceptors (Lipinski definition) is 2. The Balaban J connectivity index is 2.47. The van der Waals surface area contributed by atoms with Gasteiger partial charge in [-0.2, -0.15) is 0 Å². The van der Waals surface area contributed by atoms with E-state index in [0.717, 1.165) is 10.6 Å². The average Bonchev–Trinajstić information content (AvgIpc) is 2.49. The van der Waals surface area contributed by atoms with Crippen LogP contribution in [0.1, 0.15) is 13.8 Å². The lowest BCUT2D eigenvalue weighted by Crippen LogP contribution is -2.20. The largest absolute Gasteiger partial charge is 0.315 e. The predicted octanol–water partition coefficient (Wildman–Crippen LogP) is 3.90. The third-order valence-corrected chi connectivity index (χ3v) is 5.56. The third kappa shape index (κ3) is 3.27. The van der Waals surface area contributed by atoms with E-state index in [1.54, 1.807) is 0 Å². The van der Waals surface area contributed by atoms with Crippen LogP contribution in [0.25, 0.3) is 0 Å². The van der Waals surface area contributed by atoms with Gasteiger partial charge in [-0.1, -0.05) is 48.6 Å². The molecule has 0 aliphatic rings. The minimum atomic E-state index is -3.06. The van der Waals surface area contributed by atoms with Crippen molar-refractivity contribution in [2.24, 2.45) is 0 Å². The summed E-state index contributed by atoms with van der Waals surface area (Å²) in [5, 5.41) is 1.45. The molecule has 0 aliphatic heterocycles. The van der Waals surface area contributed by atoms with Crippen molar-refractivity contribution in [2.45, 2.75) is 20.0 Å². The van der Waals surface area contributed by atoms with Crippen LogP contribution in [0.2, 0.25) is 0 Å². The summed E-state index contributed by atoms with van der Waals surface area (Å²) in [6.07, 6.45) is 3.61. The van der Waals surface area contributed by atoms with Gasteiger partial charge in [0, 0.05) is 10.6 Å². The van der Waals surface area contributed by atoms with Gasteiger partial charge in [-0.05, 0) is 38.1 Å². The molecule has 104 valence electrons. The Morgan fingerprint density at radius 3 is 1.80 bits per heavy atom. The molecule has 0 aromatic heterocycles. The Hall–Kier alpha value is -1.63. The molecule has 0 bridgehead atoms. The molecule has 0 radical (unpaired) electrons. The summed E-state index contributed by atoms with van der Waals surface area (Å²) >= 11 is 0. The lowest BCUT2D eigenvalue weighted by atomic mass is 10.4. The van der Waals surface area contributed by atoms with Crippen molar-refractivity contribution in [2.75, 3.05) is 0 Å². The van der Waals surface area contributed by atoms with Crippen molar-refractivity contribution in [1.82, 2.24) is 0 Å². The van der Waals surface area contributed by atoms with Gasteiger partial charge in [-0.15, -0.1) is 0 Å². The Bertz CT molecular complexity index is 562. The fraction of sp³-hybridized carbons (Fsp3) is 0.176. The van der Waals surface area contributed by atoms with Crippen molar-refractivity contribution in [3.05, 3.63) is 72.8 Å². The summed E-state index contributed by atoms with van der Waals surface area (Å²) in [6, 6.07) is 18.8. The second-order valence-corrected chi connectivity index (χ2v) is 6.91. The summed E-state index contributed by atoms with van der Waals surface area (Å²) in [5.74, 6) is 0. The zero-order chi connectivity index (χ0) is 14.4. The van der Waals surface area contributed by atoms with E-state index in [1.807, 2.05) is 86.7 Å². The lowest BCUT2D eigenvalue weighted by Gasteiger charge is -2.22. The summed E-state index contributed by atoms with van der Waals surface area (Å²) in [7, 11) is -3.06. The van der Waals surface area contributed by atoms with Crippen LogP contribution in [0.15, 0.2) is 72.8 Å². The third-order valence-electron chi connectivity index (χ3n) is 2.97. The Morgan fingerprint density at radius 2 is 1.40 bits per heavy atom. The highest BCUT2D eigenvalue weighted by atomic mass is 31.2. The van der Waals surface area contributed by atoms with Crippen LogP contribution in [0.3, 0.4) is 0 Å². The van der Waals surface area contributed by atoms with Gasteiger partial charge in [0.2, 0.25) is 0 Å². The molecular weight excluding hydrogens is 267 g/mol. The van der Waals surface area contributed by atoms with Crippen molar-refractivity contribution in [3.8, 4) is 0 Å². The highest BCUT2D eigenvalue weighted by Crippen LogP contribution is 2.45. The second kappa shape index (κ2) is 6.69. The molecule has 0 heterocycles. The fourth-order valence-electron chi connectivity index (χ4n) is 2.06. The van der Waals surface area contributed by atoms with Gasteiger partial charge in [0.15, 0.2) is 0 Å². The van der Waals surface area contributed by atoms with E-state index < -0.39 is 7.37 Å². The highest BCUT2D eigenvalue weighted by molar-refractivity contribution is 7.74. The molecule has 2 aromatic rings. The van der Waals surface area contributed by atoms with E-state index >= 15 is 0 Å². The summed E-state index contributed by atoms with van der Waals surface area (Å²) in [5.41, 5.74) is 0. The molecule has 0 aliphatic carbocycles. The van der Waals surface area contributed by atoms with Crippen molar-refractivity contribution >= 4 is 18.0 Å². The first-order valence-electron chi connectivity index (χ1n) is 6.69. The maximum Gasteiger partial charge on any atom is 0.261 e. The highest BCUT2D eigenvalue weighted by Gasteiger charge is 2.29. The second-order valence-electron chi connectivity index (χ2n) is 4.56. The van der Waals surface area contributed by atoms with Gasteiger partial charge in [0.25, 0.3) is 7.37 Å². The van der Waals surface area contributed by atoms with Crippen LogP contribution >= 0.6 is 7.37 Å². The summed E-state index contributed by atoms with van der Waals surface area (Å²) in [4.78, 5) is 0. The smallest absolute Gasteiger partial charge is 0.261 e. The van der Waals surface area contributed by atoms with E-state index in [9.17, 15) is 4.57 Å². The molecule has 0 saturated heterocycles. The minimum Gasteiger partial charge on any atom is -0.315 e. The van der Waals surface area contributed by atoms with E-state index in [2.05, 4.69) is 0 Å². The molecular formula is C17H19O2P. The van der Waals surface area contributed by atoms with E-state index in [4.69, 9.17) is 4.52 Å². The Kier molecular flexibility index (Phi) is 4.94.